The molecule has 13 nitrogen and oxygen atoms in total. The van der Waals surface area contributed by atoms with Gasteiger partial charge in [-0.05, 0) is 47.0 Å². The Morgan fingerprint density at radius 3 is 2.54 bits per heavy atom. The molecule has 0 amide bonds. The van der Waals surface area contributed by atoms with Crippen molar-refractivity contribution in [1.82, 2.24) is 29.7 Å². The second-order valence-electron chi connectivity index (χ2n) is 9.76. The first kappa shape index (κ1) is 29.0. The number of hydrogen-bond donors (Lipinski definition) is 3. The van der Waals surface area contributed by atoms with Crippen LogP contribution < -0.4 is 15.9 Å². The van der Waals surface area contributed by atoms with Gasteiger partial charge in [0.1, 0.15) is 30.3 Å². The molecule has 2 aromatic rings. The highest BCUT2D eigenvalue weighted by atomic mass is 31.2. The summed E-state index contributed by atoms with van der Waals surface area (Å²) in [6.45, 7) is 9.05. The van der Waals surface area contributed by atoms with Crippen molar-refractivity contribution in [1.29, 1.82) is 0 Å². The number of nitrogens with zero attached hydrogens (tertiary/aromatic N) is 4. The molecule has 3 rings (SSSR count). The molecule has 1 aliphatic rings. The van der Waals surface area contributed by atoms with Crippen molar-refractivity contribution in [2.75, 3.05) is 18.6 Å². The van der Waals surface area contributed by atoms with E-state index in [2.05, 4.69) is 25.1 Å². The molecule has 37 heavy (non-hydrogen) atoms. The van der Waals surface area contributed by atoms with E-state index in [-0.39, 0.29) is 30.9 Å². The third kappa shape index (κ3) is 8.19. The van der Waals surface area contributed by atoms with Crippen LogP contribution in [-0.2, 0) is 34.9 Å². The van der Waals surface area contributed by atoms with Gasteiger partial charge >= 0.3 is 11.9 Å². The number of ether oxygens (including phenoxy) is 3. The van der Waals surface area contributed by atoms with Gasteiger partial charge in [-0.15, -0.1) is 0 Å². The third-order valence-electron chi connectivity index (χ3n) is 5.92. The molecule has 0 radical (unpaired) electrons. The Morgan fingerprint density at radius 1 is 1.16 bits per heavy atom. The summed E-state index contributed by atoms with van der Waals surface area (Å²) in [5.41, 5.74) is 6.91. The fourth-order valence-electron chi connectivity index (χ4n) is 3.56. The van der Waals surface area contributed by atoms with Crippen LogP contribution in [0.3, 0.4) is 0 Å². The largest absolute Gasteiger partial charge is 0.463 e. The van der Waals surface area contributed by atoms with Crippen molar-refractivity contribution >= 4 is 36.4 Å². The molecule has 4 N–H and O–H groups in total. The normalized spacial score (nSPS) is 18.1. The molecular weight excluding hydrogens is 501 g/mol. The molecule has 1 fully saturated rings. The number of esters is 2. The fraction of sp³-hybridized carbons (Fsp3) is 0.696. The minimum absolute atomic E-state index is 0.0698. The van der Waals surface area contributed by atoms with E-state index >= 15 is 0 Å². The summed E-state index contributed by atoms with van der Waals surface area (Å²) in [7, 11) is -3.49. The van der Waals surface area contributed by atoms with Gasteiger partial charge in [-0.1, -0.05) is 6.92 Å². The van der Waals surface area contributed by atoms with E-state index in [9.17, 15) is 14.2 Å². The Morgan fingerprint density at radius 2 is 1.89 bits per heavy atom. The number of anilines is 1. The van der Waals surface area contributed by atoms with Crippen LogP contribution in [0.2, 0.25) is 0 Å². The topological polar surface area (TPSA) is 173 Å². The van der Waals surface area contributed by atoms with Crippen LogP contribution in [0.15, 0.2) is 12.7 Å². The van der Waals surface area contributed by atoms with Crippen LogP contribution in [0, 0.1) is 5.92 Å². The Labute approximate surface area is 216 Å². The average Bonchev–Trinajstić information content (AvgIpc) is 3.22. The van der Waals surface area contributed by atoms with Crippen molar-refractivity contribution in [2.45, 2.75) is 84.8 Å². The lowest BCUT2D eigenvalue weighted by molar-refractivity contribution is -0.154. The van der Waals surface area contributed by atoms with E-state index in [4.69, 9.17) is 19.9 Å². The number of nitrogens with two attached hydrogens (primary N) is 1. The maximum Gasteiger partial charge on any atom is 0.323 e. The highest BCUT2D eigenvalue weighted by Crippen LogP contribution is 2.38. The lowest BCUT2D eigenvalue weighted by atomic mass is 9.96. The molecule has 1 unspecified atom stereocenters. The van der Waals surface area contributed by atoms with E-state index in [1.54, 1.807) is 38.6 Å². The molecule has 206 valence electrons. The van der Waals surface area contributed by atoms with Gasteiger partial charge in [0.15, 0.2) is 11.5 Å². The molecule has 4 atom stereocenters. The first-order chi connectivity index (χ1) is 17.5. The monoisotopic (exact) mass is 539 g/mol. The number of rotatable bonds is 14. The number of imidazole rings is 1. The summed E-state index contributed by atoms with van der Waals surface area (Å²) in [5, 5.41) is 5.79. The van der Waals surface area contributed by atoms with E-state index in [1.165, 1.54) is 6.33 Å². The predicted molar refractivity (Wildman–Crippen MR) is 137 cm³/mol. The van der Waals surface area contributed by atoms with Gasteiger partial charge in [-0.2, -0.15) is 0 Å². The van der Waals surface area contributed by atoms with Crippen molar-refractivity contribution in [2.24, 2.45) is 5.92 Å². The Balaban J connectivity index is 1.63. The van der Waals surface area contributed by atoms with Gasteiger partial charge in [-0.25, -0.2) is 20.0 Å². The van der Waals surface area contributed by atoms with Gasteiger partial charge in [-0.3, -0.25) is 19.2 Å². The van der Waals surface area contributed by atoms with E-state index in [1.807, 2.05) is 6.92 Å². The van der Waals surface area contributed by atoms with Gasteiger partial charge in [0.2, 0.25) is 7.44 Å². The van der Waals surface area contributed by atoms with Gasteiger partial charge in [0, 0.05) is 6.54 Å². The van der Waals surface area contributed by atoms with Crippen LogP contribution in [0.1, 0.15) is 53.9 Å². The van der Waals surface area contributed by atoms with Crippen LogP contribution in [0.5, 0.6) is 0 Å². The molecule has 0 saturated heterocycles. The molecule has 0 aromatic carbocycles. The molecule has 0 aliphatic heterocycles. The number of carbonyl (C=O) groups is 2. The zero-order valence-electron chi connectivity index (χ0n) is 22.0. The lowest BCUT2D eigenvalue weighted by Crippen LogP contribution is -2.41. The van der Waals surface area contributed by atoms with Crippen LogP contribution in [-0.4, -0.2) is 68.7 Å². The second-order valence-corrected chi connectivity index (χ2v) is 12.1. The van der Waals surface area contributed by atoms with E-state index in [0.717, 1.165) is 19.3 Å². The predicted octanol–water partition coefficient (Wildman–Crippen LogP) is 2.22. The van der Waals surface area contributed by atoms with Crippen LogP contribution >= 0.6 is 7.44 Å². The standard InChI is InChI=1S/C23H38N7O6P/c1-14(2)35-22(31)15(3)9-28-37(33,29-17(5)23(32)36-18-7-6-8-18)13-34-16(4)10-30-12-27-19-20(24)25-11-26-21(19)30/h11-12,14-18H,6-10,13H2,1-5H3,(H2,24,25,26)(H2,28,29,33)/t15-,16+,17+,37?/m0/s1. The average molecular weight is 540 g/mol. The summed E-state index contributed by atoms with van der Waals surface area (Å²) in [6, 6.07) is -0.840. The highest BCUT2D eigenvalue weighted by Gasteiger charge is 2.32. The van der Waals surface area contributed by atoms with Crippen molar-refractivity contribution in [3.63, 3.8) is 0 Å². The van der Waals surface area contributed by atoms with Gasteiger partial charge < -0.3 is 24.5 Å². The second kappa shape index (κ2) is 12.8. The summed E-state index contributed by atoms with van der Waals surface area (Å²) >= 11 is 0. The van der Waals surface area contributed by atoms with E-state index in [0.29, 0.717) is 17.7 Å². The Kier molecular flexibility index (Phi) is 10.00. The molecule has 2 heterocycles. The molecule has 0 spiro atoms. The van der Waals surface area contributed by atoms with E-state index < -0.39 is 37.4 Å². The van der Waals surface area contributed by atoms with Crippen LogP contribution in [0.25, 0.3) is 11.2 Å². The third-order valence-corrected chi connectivity index (χ3v) is 7.93. The first-order valence-corrected chi connectivity index (χ1v) is 14.4. The molecule has 1 saturated carbocycles. The number of fused-ring (bicyclic) bond motifs is 1. The number of hydrogen-bond acceptors (Lipinski definition) is 10. The summed E-state index contributed by atoms with van der Waals surface area (Å²) < 4.78 is 32.2. The molecular formula is C23H38N7O6P. The highest BCUT2D eigenvalue weighted by molar-refractivity contribution is 7.59. The smallest absolute Gasteiger partial charge is 0.323 e. The summed E-state index contributed by atoms with van der Waals surface area (Å²) in [6.07, 6.45) is 4.68. The van der Waals surface area contributed by atoms with Crippen molar-refractivity contribution in [3.8, 4) is 0 Å². The number of carbonyl (C=O) groups excluding carboxylic acids is 2. The SMILES string of the molecule is CC(C)OC(=O)[C@@H](C)CNP(=O)(CO[C@H](C)Cn1cnc2c(N)ncnc21)N[C@H](C)C(=O)OC1CCC1. The summed E-state index contributed by atoms with van der Waals surface area (Å²) in [4.78, 5) is 37.1. The van der Waals surface area contributed by atoms with Crippen molar-refractivity contribution < 1.29 is 28.4 Å². The minimum Gasteiger partial charge on any atom is -0.463 e. The minimum atomic E-state index is -3.49. The molecule has 2 aromatic heterocycles. The zero-order chi connectivity index (χ0) is 27.2. The molecule has 0 bridgehead atoms. The Hall–Kier alpha value is -2.60. The summed E-state index contributed by atoms with van der Waals surface area (Å²) in [5.74, 6) is -1.17. The Bertz CT molecular complexity index is 1120. The van der Waals surface area contributed by atoms with Gasteiger partial charge in [0.25, 0.3) is 0 Å². The number of nitrogens with one attached hydrogen (secondary N) is 2. The quantitative estimate of drug-likeness (QED) is 0.236. The lowest BCUT2D eigenvalue weighted by Gasteiger charge is -2.29. The fourth-order valence-corrected chi connectivity index (χ4v) is 5.58. The van der Waals surface area contributed by atoms with Gasteiger partial charge in [0.05, 0.1) is 31.0 Å². The maximum absolute atomic E-state index is 13.8. The number of aromatic nitrogens is 4. The molecule has 14 heteroatoms. The van der Waals surface area contributed by atoms with Crippen molar-refractivity contribution in [3.05, 3.63) is 12.7 Å². The van der Waals surface area contributed by atoms with Crippen LogP contribution in [0.4, 0.5) is 5.82 Å². The molecule has 1 aliphatic carbocycles. The maximum atomic E-state index is 13.8. The zero-order valence-corrected chi connectivity index (χ0v) is 22.9. The number of nitrogen functional groups attached to an aromatic ring is 1. The first-order valence-electron chi connectivity index (χ1n) is 12.5.